The first-order valence-corrected chi connectivity index (χ1v) is 7.55. The molecule has 5 nitrogen and oxygen atoms in total. The lowest BCUT2D eigenvalue weighted by atomic mass is 10.0. The van der Waals surface area contributed by atoms with E-state index in [0.717, 1.165) is 17.4 Å². The number of rotatable bonds is 4. The van der Waals surface area contributed by atoms with Crippen molar-refractivity contribution >= 4 is 22.8 Å². The van der Waals surface area contributed by atoms with Gasteiger partial charge in [-0.3, -0.25) is 4.79 Å². The molecule has 23 heavy (non-hydrogen) atoms. The number of nitrogens with two attached hydrogens (primary N) is 1. The number of hydrogen-bond donors (Lipinski definition) is 2. The van der Waals surface area contributed by atoms with Crippen LogP contribution >= 0.6 is 0 Å². The third-order valence-corrected chi connectivity index (χ3v) is 3.78. The molecule has 1 heterocycles. The molecule has 0 saturated heterocycles. The standard InChI is InChI=1S/C18H18N4O/c1-2-15(12-6-4-3-5-7-12)21-17(23)13-8-9-14-11-20-18(19)22-16(14)10-13/h3-11,15H,2H2,1H3,(H,21,23)(H2,19,20,22). The summed E-state index contributed by atoms with van der Waals surface area (Å²) in [5, 5.41) is 3.92. The normalized spacial score (nSPS) is 12.0. The molecule has 2 aromatic carbocycles. The van der Waals surface area contributed by atoms with Crippen LogP contribution in [-0.4, -0.2) is 15.9 Å². The zero-order valence-electron chi connectivity index (χ0n) is 12.9. The number of nitrogens with one attached hydrogen (secondary N) is 1. The van der Waals surface area contributed by atoms with E-state index in [0.29, 0.717) is 11.1 Å². The summed E-state index contributed by atoms with van der Waals surface area (Å²) in [6.45, 7) is 2.05. The van der Waals surface area contributed by atoms with Crippen molar-refractivity contribution in [2.45, 2.75) is 19.4 Å². The quantitative estimate of drug-likeness (QED) is 0.776. The fourth-order valence-corrected chi connectivity index (χ4v) is 2.53. The molecule has 1 atom stereocenters. The lowest BCUT2D eigenvalue weighted by Gasteiger charge is -2.17. The van der Waals surface area contributed by atoms with Crippen LogP contribution in [0, 0.1) is 0 Å². The Morgan fingerprint density at radius 1 is 1.22 bits per heavy atom. The van der Waals surface area contributed by atoms with Crippen LogP contribution in [0.4, 0.5) is 5.95 Å². The Morgan fingerprint density at radius 3 is 2.74 bits per heavy atom. The molecule has 0 bridgehead atoms. The van der Waals surface area contributed by atoms with Gasteiger partial charge in [-0.05, 0) is 24.1 Å². The van der Waals surface area contributed by atoms with Crippen LogP contribution in [0.5, 0.6) is 0 Å². The third-order valence-electron chi connectivity index (χ3n) is 3.78. The van der Waals surface area contributed by atoms with Gasteiger partial charge in [0, 0.05) is 17.1 Å². The molecule has 0 fully saturated rings. The second-order valence-electron chi connectivity index (χ2n) is 5.35. The second kappa shape index (κ2) is 6.44. The lowest BCUT2D eigenvalue weighted by Crippen LogP contribution is -2.28. The van der Waals surface area contributed by atoms with Gasteiger partial charge < -0.3 is 11.1 Å². The number of nitrogen functional groups attached to an aromatic ring is 1. The molecular weight excluding hydrogens is 288 g/mol. The summed E-state index contributed by atoms with van der Waals surface area (Å²) in [7, 11) is 0. The summed E-state index contributed by atoms with van der Waals surface area (Å²) >= 11 is 0. The Bertz CT molecular complexity index is 833. The van der Waals surface area contributed by atoms with E-state index in [9.17, 15) is 4.79 Å². The highest BCUT2D eigenvalue weighted by atomic mass is 16.1. The maximum absolute atomic E-state index is 12.5. The van der Waals surface area contributed by atoms with Crippen LogP contribution in [0.15, 0.2) is 54.7 Å². The van der Waals surface area contributed by atoms with E-state index in [4.69, 9.17) is 5.73 Å². The highest BCUT2D eigenvalue weighted by molar-refractivity contribution is 5.98. The van der Waals surface area contributed by atoms with Gasteiger partial charge in [0.1, 0.15) is 0 Å². The number of benzene rings is 2. The molecule has 116 valence electrons. The average molecular weight is 306 g/mol. The fourth-order valence-electron chi connectivity index (χ4n) is 2.53. The van der Waals surface area contributed by atoms with Crippen molar-refractivity contribution in [1.29, 1.82) is 0 Å². The molecule has 3 aromatic rings. The molecule has 3 rings (SSSR count). The number of aromatic nitrogens is 2. The van der Waals surface area contributed by atoms with Crippen LogP contribution in [0.25, 0.3) is 10.9 Å². The Hall–Kier alpha value is -2.95. The summed E-state index contributed by atoms with van der Waals surface area (Å²) in [6, 6.07) is 15.3. The largest absolute Gasteiger partial charge is 0.368 e. The van der Waals surface area contributed by atoms with Gasteiger partial charge in [0.15, 0.2) is 0 Å². The summed E-state index contributed by atoms with van der Waals surface area (Å²) in [6.07, 6.45) is 2.47. The number of carbonyl (C=O) groups excluding carboxylic acids is 1. The first-order chi connectivity index (χ1) is 11.2. The molecule has 0 spiro atoms. The molecule has 1 amide bonds. The highest BCUT2D eigenvalue weighted by Gasteiger charge is 2.14. The van der Waals surface area contributed by atoms with Crippen LogP contribution in [0.1, 0.15) is 35.3 Å². The lowest BCUT2D eigenvalue weighted by molar-refractivity contribution is 0.0935. The van der Waals surface area contributed by atoms with E-state index in [1.807, 2.05) is 43.3 Å². The molecule has 0 aliphatic carbocycles. The predicted molar refractivity (Wildman–Crippen MR) is 90.9 cm³/mol. The molecule has 5 heteroatoms. The monoisotopic (exact) mass is 306 g/mol. The molecule has 0 radical (unpaired) electrons. The van der Waals surface area contributed by atoms with Gasteiger partial charge in [0.25, 0.3) is 5.91 Å². The first kappa shape index (κ1) is 15.0. The van der Waals surface area contributed by atoms with Gasteiger partial charge in [-0.15, -0.1) is 0 Å². The fraction of sp³-hybridized carbons (Fsp3) is 0.167. The minimum Gasteiger partial charge on any atom is -0.368 e. The number of hydrogen-bond acceptors (Lipinski definition) is 4. The van der Waals surface area contributed by atoms with Crippen molar-refractivity contribution in [3.8, 4) is 0 Å². The topological polar surface area (TPSA) is 80.9 Å². The number of nitrogens with zero attached hydrogens (tertiary/aromatic N) is 2. The van der Waals surface area contributed by atoms with Crippen molar-refractivity contribution in [3.63, 3.8) is 0 Å². The average Bonchev–Trinajstić information content (AvgIpc) is 2.59. The Labute approximate surface area is 134 Å². The SMILES string of the molecule is CCC(NC(=O)c1ccc2cnc(N)nc2c1)c1ccccc1. The van der Waals surface area contributed by atoms with E-state index < -0.39 is 0 Å². The van der Waals surface area contributed by atoms with Gasteiger partial charge in [-0.25, -0.2) is 9.97 Å². The molecule has 0 saturated carbocycles. The van der Waals surface area contributed by atoms with E-state index in [1.165, 1.54) is 0 Å². The minimum atomic E-state index is -0.125. The molecule has 1 unspecified atom stereocenters. The predicted octanol–water partition coefficient (Wildman–Crippen LogP) is 3.09. The Balaban J connectivity index is 1.85. The maximum atomic E-state index is 12.5. The Kier molecular flexibility index (Phi) is 4.19. The van der Waals surface area contributed by atoms with Crippen molar-refractivity contribution in [2.75, 3.05) is 5.73 Å². The first-order valence-electron chi connectivity index (χ1n) is 7.55. The van der Waals surface area contributed by atoms with E-state index in [1.54, 1.807) is 18.3 Å². The van der Waals surface area contributed by atoms with Crippen LogP contribution in [-0.2, 0) is 0 Å². The van der Waals surface area contributed by atoms with Gasteiger partial charge in [-0.2, -0.15) is 0 Å². The van der Waals surface area contributed by atoms with Crippen molar-refractivity contribution < 1.29 is 4.79 Å². The summed E-state index contributed by atoms with van der Waals surface area (Å²) in [4.78, 5) is 20.6. The van der Waals surface area contributed by atoms with E-state index >= 15 is 0 Å². The summed E-state index contributed by atoms with van der Waals surface area (Å²) in [5.41, 5.74) is 7.92. The number of carbonyl (C=O) groups is 1. The van der Waals surface area contributed by atoms with Gasteiger partial charge >= 0.3 is 0 Å². The summed E-state index contributed by atoms with van der Waals surface area (Å²) < 4.78 is 0. The number of amides is 1. The zero-order chi connectivity index (χ0) is 16.2. The van der Waals surface area contributed by atoms with Crippen LogP contribution in [0.3, 0.4) is 0 Å². The number of fused-ring (bicyclic) bond motifs is 1. The highest BCUT2D eigenvalue weighted by Crippen LogP contribution is 2.18. The Morgan fingerprint density at radius 2 is 2.00 bits per heavy atom. The zero-order valence-corrected chi connectivity index (χ0v) is 12.9. The second-order valence-corrected chi connectivity index (χ2v) is 5.35. The molecule has 3 N–H and O–H groups in total. The van der Waals surface area contributed by atoms with Crippen LogP contribution in [0.2, 0.25) is 0 Å². The van der Waals surface area contributed by atoms with Gasteiger partial charge in [0.2, 0.25) is 5.95 Å². The minimum absolute atomic E-state index is 0.0186. The van der Waals surface area contributed by atoms with Gasteiger partial charge in [-0.1, -0.05) is 43.3 Å². The number of anilines is 1. The van der Waals surface area contributed by atoms with Crippen molar-refractivity contribution in [2.24, 2.45) is 0 Å². The van der Waals surface area contributed by atoms with Gasteiger partial charge in [0.05, 0.1) is 11.6 Å². The van der Waals surface area contributed by atoms with Crippen LogP contribution < -0.4 is 11.1 Å². The molecule has 0 aliphatic heterocycles. The summed E-state index contributed by atoms with van der Waals surface area (Å²) in [5.74, 6) is 0.0746. The third kappa shape index (κ3) is 3.29. The molecule has 1 aromatic heterocycles. The van der Waals surface area contributed by atoms with Crippen molar-refractivity contribution in [1.82, 2.24) is 15.3 Å². The smallest absolute Gasteiger partial charge is 0.251 e. The van der Waals surface area contributed by atoms with E-state index in [-0.39, 0.29) is 17.9 Å². The van der Waals surface area contributed by atoms with Crippen molar-refractivity contribution in [3.05, 3.63) is 65.9 Å². The van der Waals surface area contributed by atoms with E-state index in [2.05, 4.69) is 15.3 Å². The molecular formula is C18H18N4O. The molecule has 0 aliphatic rings. The maximum Gasteiger partial charge on any atom is 0.251 e.